The number of hydrogen-bond acceptors (Lipinski definition) is 7. The van der Waals surface area contributed by atoms with Crippen LogP contribution in [0, 0.1) is 11.8 Å². The predicted octanol–water partition coefficient (Wildman–Crippen LogP) is 2.57. The molecule has 226 valence electrons. The highest BCUT2D eigenvalue weighted by atomic mass is 79.9. The maximum absolute atomic E-state index is 14.3. The molecule has 1 aromatic rings. The Hall–Kier alpha value is -3.02. The number of ether oxygens (including phenoxy) is 2. The summed E-state index contributed by atoms with van der Waals surface area (Å²) in [5, 5.41) is 9.89. The second-order valence-electron chi connectivity index (χ2n) is 11.7. The monoisotopic (exact) mass is 643 g/mol. The molecule has 2 fully saturated rings. The second-order valence-corrected chi connectivity index (χ2v) is 12.6. The topological polar surface area (TPSA) is 117 Å². The van der Waals surface area contributed by atoms with Crippen LogP contribution in [0.25, 0.3) is 0 Å². The number of likely N-dealkylation sites (N-methyl/N-ethyl adjacent to an activating group) is 1. The number of cyclic esters (lactones) is 1. The Morgan fingerprint density at radius 3 is 2.45 bits per heavy atom. The fourth-order valence-electron chi connectivity index (χ4n) is 6.74. The maximum Gasteiger partial charge on any atom is 0.313 e. The number of rotatable bonds is 4. The summed E-state index contributed by atoms with van der Waals surface area (Å²) in [5.74, 6) is -3.55. The average molecular weight is 645 g/mol. The molecule has 11 heteroatoms. The van der Waals surface area contributed by atoms with E-state index in [1.54, 1.807) is 22.9 Å². The molecule has 0 aromatic heterocycles. The van der Waals surface area contributed by atoms with Gasteiger partial charge in [-0.15, -0.1) is 0 Å². The number of aliphatic hydroxyl groups is 1. The molecule has 1 aromatic carbocycles. The van der Waals surface area contributed by atoms with Crippen LogP contribution < -0.4 is 0 Å². The molecular weight excluding hydrogens is 606 g/mol. The molecule has 0 saturated carbocycles. The van der Waals surface area contributed by atoms with E-state index >= 15 is 0 Å². The van der Waals surface area contributed by atoms with Gasteiger partial charge in [0.25, 0.3) is 0 Å². The Balaban J connectivity index is 1.62. The minimum absolute atomic E-state index is 0.0763. The minimum atomic E-state index is -1.40. The molecule has 7 atom stereocenters. The number of hydrogen-bond donors (Lipinski definition) is 1. The van der Waals surface area contributed by atoms with E-state index in [1.807, 2.05) is 63.3 Å². The first-order chi connectivity index (χ1) is 20.0. The third-order valence-electron chi connectivity index (χ3n) is 8.99. The van der Waals surface area contributed by atoms with Gasteiger partial charge >= 0.3 is 5.97 Å². The van der Waals surface area contributed by atoms with Crippen molar-refractivity contribution in [2.45, 2.75) is 69.5 Å². The molecular formula is C31H38BrN3O7. The molecule has 2 saturated heterocycles. The molecule has 1 N–H and O–H groups in total. The lowest BCUT2D eigenvalue weighted by molar-refractivity contribution is -0.164. The Morgan fingerprint density at radius 1 is 1.07 bits per heavy atom. The van der Waals surface area contributed by atoms with E-state index in [0.717, 1.165) is 0 Å². The molecule has 4 aliphatic rings. The van der Waals surface area contributed by atoms with E-state index in [2.05, 4.69) is 15.9 Å². The number of nitrogens with zero attached hydrogens (tertiary/aromatic N) is 3. The Labute approximate surface area is 254 Å². The molecule has 5 rings (SSSR count). The fourth-order valence-corrected chi connectivity index (χ4v) is 7.47. The van der Waals surface area contributed by atoms with E-state index in [1.165, 1.54) is 4.90 Å². The molecule has 5 bridgehead atoms. The van der Waals surface area contributed by atoms with Gasteiger partial charge in [0, 0.05) is 37.1 Å². The summed E-state index contributed by atoms with van der Waals surface area (Å²) in [6.07, 6.45) is 4.59. The Kier molecular flexibility index (Phi) is 8.65. The maximum atomic E-state index is 14.3. The zero-order valence-electron chi connectivity index (χ0n) is 24.3. The average Bonchev–Trinajstić information content (AvgIpc) is 3.55. The third kappa shape index (κ3) is 4.99. The third-order valence-corrected chi connectivity index (χ3v) is 9.67. The van der Waals surface area contributed by atoms with Crippen molar-refractivity contribution >= 4 is 39.6 Å². The van der Waals surface area contributed by atoms with Crippen LogP contribution >= 0.6 is 15.9 Å². The lowest BCUT2D eigenvalue weighted by Crippen LogP contribution is -2.57. The summed E-state index contributed by atoms with van der Waals surface area (Å²) in [7, 11) is 1.70. The summed E-state index contributed by atoms with van der Waals surface area (Å²) >= 11 is 3.55. The van der Waals surface area contributed by atoms with E-state index in [4.69, 9.17) is 9.47 Å². The standard InChI is InChI=1S/C31H38BrN3O7/c1-18(2)34-14-10-6-9-13-22(37)33(4)19(3)25(20-11-7-5-8-12-20)41-30(40)23-24-28(38)35(15-16-36)27(29(34)39)31(24)17-21(32)26(23)42-31/h5-8,10-12,17-19,23-27,36H,9,13-16H2,1-4H3/b10-6-/t19-,23+,24-,25+,26+,27+,31-/m0/s1. The number of fused-ring (bicyclic) bond motifs is 2. The molecule has 42 heavy (non-hydrogen) atoms. The number of benzene rings is 1. The molecule has 3 amide bonds. The fraction of sp³-hybridized carbons (Fsp3) is 0.548. The zero-order chi connectivity index (χ0) is 30.3. The zero-order valence-corrected chi connectivity index (χ0v) is 25.9. The highest BCUT2D eigenvalue weighted by Crippen LogP contribution is 2.59. The van der Waals surface area contributed by atoms with E-state index in [9.17, 15) is 24.3 Å². The smallest absolute Gasteiger partial charge is 0.313 e. The van der Waals surface area contributed by atoms with Crippen LogP contribution in [0.15, 0.2) is 53.0 Å². The van der Waals surface area contributed by atoms with E-state index in [0.29, 0.717) is 16.5 Å². The van der Waals surface area contributed by atoms with Crippen molar-refractivity contribution in [2.24, 2.45) is 11.8 Å². The SMILES string of the molecule is CC(C)N1C/C=C\CCC(=O)N(C)[C@@H](C)[C@H](c2ccccc2)OC(=O)[C@H]2[C@@H]3O[C@@]4(C=C3Br)[C@@H]2C(=O)N(CCO)[C@@H]4C1=O. The number of carbonyl (C=O) groups is 4. The van der Waals surface area contributed by atoms with Crippen LogP contribution in [0.4, 0.5) is 0 Å². The largest absolute Gasteiger partial charge is 0.455 e. The first-order valence-corrected chi connectivity index (χ1v) is 15.3. The second kappa shape index (κ2) is 11.9. The highest BCUT2D eigenvalue weighted by molar-refractivity contribution is 9.11. The van der Waals surface area contributed by atoms with E-state index < -0.39 is 53.6 Å². The lowest BCUT2D eigenvalue weighted by atomic mass is 9.74. The van der Waals surface area contributed by atoms with E-state index in [-0.39, 0.29) is 44.0 Å². The van der Waals surface area contributed by atoms with Crippen LogP contribution in [0.1, 0.15) is 45.3 Å². The lowest BCUT2D eigenvalue weighted by Gasteiger charge is -2.37. The van der Waals surface area contributed by atoms with Crippen molar-refractivity contribution in [3.63, 3.8) is 0 Å². The Bertz CT molecular complexity index is 1300. The van der Waals surface area contributed by atoms with Gasteiger partial charge in [0.1, 0.15) is 29.8 Å². The van der Waals surface area contributed by atoms with Crippen molar-refractivity contribution in [1.29, 1.82) is 0 Å². The number of halogens is 1. The van der Waals surface area contributed by atoms with Gasteiger partial charge in [-0.05, 0) is 38.8 Å². The van der Waals surface area contributed by atoms with Crippen molar-refractivity contribution in [1.82, 2.24) is 14.7 Å². The summed E-state index contributed by atoms with van der Waals surface area (Å²) in [4.78, 5) is 60.2. The number of aliphatic hydroxyl groups excluding tert-OH is 1. The summed E-state index contributed by atoms with van der Waals surface area (Å²) < 4.78 is 13.3. The first-order valence-electron chi connectivity index (χ1n) is 14.5. The van der Waals surface area contributed by atoms with Crippen LogP contribution in [0.2, 0.25) is 0 Å². The van der Waals surface area contributed by atoms with Gasteiger partial charge in [0.15, 0.2) is 0 Å². The van der Waals surface area contributed by atoms with Gasteiger partial charge in [-0.1, -0.05) is 58.4 Å². The summed E-state index contributed by atoms with van der Waals surface area (Å²) in [5.41, 5.74) is -0.688. The van der Waals surface area contributed by atoms with Gasteiger partial charge in [-0.25, -0.2) is 0 Å². The van der Waals surface area contributed by atoms with Gasteiger partial charge in [-0.3, -0.25) is 19.2 Å². The van der Waals surface area contributed by atoms with Crippen LogP contribution in [0.5, 0.6) is 0 Å². The van der Waals surface area contributed by atoms with Crippen LogP contribution in [-0.4, -0.2) is 100 Å². The molecule has 10 nitrogen and oxygen atoms in total. The molecule has 0 unspecified atom stereocenters. The first kappa shape index (κ1) is 30.4. The van der Waals surface area contributed by atoms with Crippen LogP contribution in [-0.2, 0) is 28.7 Å². The van der Waals surface area contributed by atoms with Gasteiger partial charge < -0.3 is 29.3 Å². The summed E-state index contributed by atoms with van der Waals surface area (Å²) in [6.45, 7) is 5.45. The van der Waals surface area contributed by atoms with Gasteiger partial charge in [0.2, 0.25) is 17.7 Å². The normalized spacial score (nSPS) is 34.6. The van der Waals surface area contributed by atoms with Crippen LogP contribution in [0.3, 0.4) is 0 Å². The number of esters is 1. The Morgan fingerprint density at radius 2 is 1.79 bits per heavy atom. The molecule has 4 heterocycles. The van der Waals surface area contributed by atoms with Crippen molar-refractivity contribution in [2.75, 3.05) is 26.7 Å². The predicted molar refractivity (Wildman–Crippen MR) is 157 cm³/mol. The quantitative estimate of drug-likeness (QED) is 0.396. The van der Waals surface area contributed by atoms with Crippen molar-refractivity contribution in [3.05, 3.63) is 58.6 Å². The summed E-state index contributed by atoms with van der Waals surface area (Å²) in [6, 6.07) is 7.42. The number of allylic oxidation sites excluding steroid dienone is 1. The molecule has 4 aliphatic heterocycles. The molecule has 0 radical (unpaired) electrons. The molecule has 0 aliphatic carbocycles. The number of carbonyl (C=O) groups excluding carboxylic acids is 4. The van der Waals surface area contributed by atoms with Crippen molar-refractivity contribution < 1.29 is 33.8 Å². The number of β-amino-alcohol motifs (C(OH)–C–C–N with tert-alkyl or cyclic N) is 1. The molecule has 1 spiro atoms. The number of likely N-dealkylation sites (tertiary alicyclic amines) is 1. The van der Waals surface area contributed by atoms with Gasteiger partial charge in [0.05, 0.1) is 18.6 Å². The van der Waals surface area contributed by atoms with Gasteiger partial charge in [-0.2, -0.15) is 0 Å². The van der Waals surface area contributed by atoms with Crippen molar-refractivity contribution in [3.8, 4) is 0 Å². The number of amides is 3. The highest BCUT2D eigenvalue weighted by Gasteiger charge is 2.75. The minimum Gasteiger partial charge on any atom is -0.455 e.